The van der Waals surface area contributed by atoms with Gasteiger partial charge in [0.1, 0.15) is 18.2 Å². The summed E-state index contributed by atoms with van der Waals surface area (Å²) in [6.45, 7) is 7.86. The van der Waals surface area contributed by atoms with Gasteiger partial charge in [-0.15, -0.1) is 0 Å². The Hall–Kier alpha value is -3.18. The number of aliphatic hydroxyl groups excluding tert-OH is 1. The highest BCUT2D eigenvalue weighted by atomic mass is 35.5. The lowest BCUT2D eigenvalue weighted by Gasteiger charge is -2.36. The van der Waals surface area contributed by atoms with E-state index in [1.165, 1.54) is 11.3 Å². The van der Waals surface area contributed by atoms with E-state index >= 15 is 0 Å². The molecule has 1 aromatic carbocycles. The van der Waals surface area contributed by atoms with Crippen LogP contribution in [0.15, 0.2) is 24.3 Å². The highest BCUT2D eigenvalue weighted by Crippen LogP contribution is 2.46. The summed E-state index contributed by atoms with van der Waals surface area (Å²) >= 11 is 6.25. The van der Waals surface area contributed by atoms with E-state index in [4.69, 9.17) is 16.3 Å². The van der Waals surface area contributed by atoms with Gasteiger partial charge in [-0.05, 0) is 68.1 Å². The third kappa shape index (κ3) is 9.14. The van der Waals surface area contributed by atoms with E-state index in [1.54, 1.807) is 29.2 Å². The second-order valence-corrected chi connectivity index (χ2v) is 16.3. The van der Waals surface area contributed by atoms with Crippen LogP contribution in [0.25, 0.3) is 0 Å². The highest BCUT2D eigenvalue weighted by molar-refractivity contribution is 6.31. The van der Waals surface area contributed by atoms with E-state index < -0.39 is 52.9 Å². The Balaban J connectivity index is 1.40. The summed E-state index contributed by atoms with van der Waals surface area (Å²) in [4.78, 5) is 71.4. The number of nitrogens with zero attached hydrogens (tertiary/aromatic N) is 2. The molecule has 2 aliphatic carbocycles. The summed E-state index contributed by atoms with van der Waals surface area (Å²) < 4.78 is 5.90. The van der Waals surface area contributed by atoms with Gasteiger partial charge >= 0.3 is 5.97 Å². The van der Waals surface area contributed by atoms with Gasteiger partial charge in [0.2, 0.25) is 17.7 Å². The predicted molar refractivity (Wildman–Crippen MR) is 186 cm³/mol. The van der Waals surface area contributed by atoms with Crippen LogP contribution in [0.5, 0.6) is 0 Å². The lowest BCUT2D eigenvalue weighted by molar-refractivity contribution is -0.166. The number of benzene rings is 1. The van der Waals surface area contributed by atoms with Gasteiger partial charge < -0.3 is 30.3 Å². The Morgan fingerprint density at radius 2 is 1.80 bits per heavy atom. The first kappa shape index (κ1) is 37.1. The molecule has 0 aromatic heterocycles. The number of nitrogens with one attached hydrogen (secondary N) is 2. The summed E-state index contributed by atoms with van der Waals surface area (Å²) in [7, 11) is 0. The molecular formula is C37H53ClN4O7. The number of ether oxygens (including phenoxy) is 1. The van der Waals surface area contributed by atoms with E-state index in [0.717, 1.165) is 38.5 Å². The van der Waals surface area contributed by atoms with Crippen molar-refractivity contribution < 1.29 is 33.8 Å². The van der Waals surface area contributed by atoms with Crippen molar-refractivity contribution in [3.63, 3.8) is 0 Å². The molecule has 2 aliphatic heterocycles. The van der Waals surface area contributed by atoms with Crippen LogP contribution in [0.2, 0.25) is 5.02 Å². The third-order valence-electron chi connectivity index (χ3n) is 10.5. The summed E-state index contributed by atoms with van der Waals surface area (Å²) in [5, 5.41) is 17.2. The second kappa shape index (κ2) is 15.4. The van der Waals surface area contributed by atoms with Gasteiger partial charge in [0.05, 0.1) is 0 Å². The van der Waals surface area contributed by atoms with Gasteiger partial charge in [-0.3, -0.25) is 19.2 Å². The number of anilines is 1. The van der Waals surface area contributed by atoms with Crippen molar-refractivity contribution in [2.75, 3.05) is 18.0 Å². The quantitative estimate of drug-likeness (QED) is 0.272. The molecule has 1 spiro atoms. The molecule has 0 radical (unpaired) electrons. The molecule has 2 saturated heterocycles. The number of halogens is 1. The van der Waals surface area contributed by atoms with Crippen LogP contribution in [0, 0.1) is 16.7 Å². The van der Waals surface area contributed by atoms with E-state index in [2.05, 4.69) is 10.6 Å². The third-order valence-corrected chi connectivity index (χ3v) is 10.7. The molecule has 2 saturated carbocycles. The highest BCUT2D eigenvalue weighted by Gasteiger charge is 2.56. The van der Waals surface area contributed by atoms with Gasteiger partial charge in [0.15, 0.2) is 6.10 Å². The molecular weight excluding hydrogens is 648 g/mol. The average molecular weight is 701 g/mol. The molecule has 5 atom stereocenters. The van der Waals surface area contributed by atoms with E-state index in [0.29, 0.717) is 23.6 Å². The van der Waals surface area contributed by atoms with Crippen LogP contribution in [-0.4, -0.2) is 83.0 Å². The number of rotatable bonds is 12. The zero-order chi connectivity index (χ0) is 35.5. The Labute approximate surface area is 294 Å². The minimum Gasteiger partial charge on any atom is -0.458 e. The summed E-state index contributed by atoms with van der Waals surface area (Å²) in [5.74, 6) is -1.80. The van der Waals surface area contributed by atoms with Crippen molar-refractivity contribution >= 4 is 46.9 Å². The molecule has 270 valence electrons. The monoisotopic (exact) mass is 700 g/mol. The summed E-state index contributed by atoms with van der Waals surface area (Å²) in [6.07, 6.45) is 5.77. The summed E-state index contributed by atoms with van der Waals surface area (Å²) in [6, 6.07) is 5.01. The average Bonchev–Trinajstić information content (AvgIpc) is 3.70. The molecule has 5 rings (SSSR count). The van der Waals surface area contributed by atoms with Crippen molar-refractivity contribution in [1.82, 2.24) is 15.5 Å². The maximum absolute atomic E-state index is 14.6. The fourth-order valence-corrected chi connectivity index (χ4v) is 7.87. The molecule has 49 heavy (non-hydrogen) atoms. The van der Waals surface area contributed by atoms with Gasteiger partial charge in [-0.1, -0.05) is 71.0 Å². The molecule has 4 fully saturated rings. The zero-order valence-electron chi connectivity index (χ0n) is 29.3. The van der Waals surface area contributed by atoms with E-state index in [-0.39, 0.29) is 56.1 Å². The zero-order valence-corrected chi connectivity index (χ0v) is 30.1. The molecule has 2 heterocycles. The fourth-order valence-electron chi connectivity index (χ4n) is 7.68. The van der Waals surface area contributed by atoms with Crippen molar-refractivity contribution in [3.8, 4) is 0 Å². The first-order valence-corrected chi connectivity index (χ1v) is 18.4. The van der Waals surface area contributed by atoms with E-state index in [1.807, 2.05) is 27.7 Å². The molecule has 3 unspecified atom stereocenters. The maximum atomic E-state index is 14.6. The van der Waals surface area contributed by atoms with Gasteiger partial charge in [0, 0.05) is 48.1 Å². The largest absolute Gasteiger partial charge is 0.458 e. The summed E-state index contributed by atoms with van der Waals surface area (Å²) in [5.41, 5.74) is -0.826. The van der Waals surface area contributed by atoms with Crippen molar-refractivity contribution in [2.24, 2.45) is 16.7 Å². The minimum absolute atomic E-state index is 0.0212. The van der Waals surface area contributed by atoms with Gasteiger partial charge in [-0.2, -0.15) is 0 Å². The lowest BCUT2D eigenvalue weighted by atomic mass is 9.84. The standard InChI is InChI=1S/C37H53ClN4O7/c1-5-10-28(31(45)33(46)39-25-15-16-25)49-35(48)27-19-37(20-30(44)41(21-37)26-14-9-13-24(38)18-26)22-42(27)34(47)32(36(2,3)4)40-29(43)17-23-11-7-6-8-12-23/h9,13-14,18,23,25,27-28,31-32,45H,5-8,10-12,15-17,19-22H2,1-4H3,(H,39,46)(H,40,43)/t27?,28-,31?,32+,37?/m0/s1. The molecule has 0 bridgehead atoms. The number of esters is 1. The van der Waals surface area contributed by atoms with Crippen LogP contribution in [0.3, 0.4) is 0 Å². The van der Waals surface area contributed by atoms with Crippen LogP contribution >= 0.6 is 11.6 Å². The number of likely N-dealkylation sites (tertiary alicyclic amines) is 1. The smallest absolute Gasteiger partial charge is 0.329 e. The first-order chi connectivity index (χ1) is 23.2. The SMILES string of the molecule is CCC[C@H](OC(=O)C1CC2(CC(=O)N(c3cccc(Cl)c3)C2)CN1C(=O)[C@@H](NC(=O)CC1CCCCC1)C(C)(C)C)C(O)C(=O)NC1CC1. The minimum atomic E-state index is -1.56. The van der Waals surface area contributed by atoms with Crippen molar-refractivity contribution in [3.05, 3.63) is 29.3 Å². The number of amides is 4. The Morgan fingerprint density at radius 3 is 2.43 bits per heavy atom. The predicted octanol–water partition coefficient (Wildman–Crippen LogP) is 4.52. The molecule has 12 heteroatoms. The van der Waals surface area contributed by atoms with Gasteiger partial charge in [-0.25, -0.2) is 4.79 Å². The topological polar surface area (TPSA) is 145 Å². The van der Waals surface area contributed by atoms with Gasteiger partial charge in [0.25, 0.3) is 5.91 Å². The molecule has 1 aromatic rings. The molecule has 4 amide bonds. The molecule has 11 nitrogen and oxygen atoms in total. The van der Waals surface area contributed by atoms with Crippen LogP contribution in [-0.2, 0) is 28.7 Å². The maximum Gasteiger partial charge on any atom is 0.329 e. The van der Waals surface area contributed by atoms with Crippen LogP contribution in [0.1, 0.15) is 105 Å². The number of hydrogen-bond donors (Lipinski definition) is 3. The molecule has 4 aliphatic rings. The number of carbonyl (C=O) groups excluding carboxylic acids is 5. The van der Waals surface area contributed by atoms with Crippen LogP contribution < -0.4 is 15.5 Å². The Kier molecular flexibility index (Phi) is 11.6. The van der Waals surface area contributed by atoms with Crippen molar-refractivity contribution in [2.45, 2.75) is 135 Å². The fraction of sp³-hybridized carbons (Fsp3) is 0.703. The number of carbonyl (C=O) groups is 5. The van der Waals surface area contributed by atoms with Crippen LogP contribution in [0.4, 0.5) is 5.69 Å². The first-order valence-electron chi connectivity index (χ1n) is 18.0. The second-order valence-electron chi connectivity index (χ2n) is 15.9. The van der Waals surface area contributed by atoms with E-state index in [9.17, 15) is 29.1 Å². The number of hydrogen-bond acceptors (Lipinski definition) is 7. The lowest BCUT2D eigenvalue weighted by Crippen LogP contribution is -2.57. The number of aliphatic hydroxyl groups is 1. The normalized spacial score (nSPS) is 24.9. The Morgan fingerprint density at radius 1 is 1.08 bits per heavy atom. The Bertz CT molecular complexity index is 1410. The molecule has 3 N–H and O–H groups in total. The van der Waals surface area contributed by atoms with Crippen molar-refractivity contribution in [1.29, 1.82) is 0 Å².